The van der Waals surface area contributed by atoms with Crippen molar-refractivity contribution in [1.29, 1.82) is 0 Å². The molecule has 0 amide bonds. The summed E-state index contributed by atoms with van der Waals surface area (Å²) < 4.78 is 0. The SMILES string of the molecule is CNC(c1c(Cl)cccc1Cl)C1CC(C)CC(C)C1. The van der Waals surface area contributed by atoms with E-state index in [1.165, 1.54) is 19.3 Å². The largest absolute Gasteiger partial charge is 0.313 e. The third kappa shape index (κ3) is 3.45. The van der Waals surface area contributed by atoms with E-state index >= 15 is 0 Å². The molecular formula is C16H23Cl2N. The topological polar surface area (TPSA) is 12.0 Å². The lowest BCUT2D eigenvalue weighted by Gasteiger charge is -2.37. The normalized spacial score (nSPS) is 29.2. The van der Waals surface area contributed by atoms with Crippen molar-refractivity contribution in [3.63, 3.8) is 0 Å². The highest BCUT2D eigenvalue weighted by atomic mass is 35.5. The molecule has 3 heteroatoms. The van der Waals surface area contributed by atoms with Crippen LogP contribution in [0.4, 0.5) is 0 Å². The number of hydrogen-bond donors (Lipinski definition) is 1. The maximum absolute atomic E-state index is 6.37. The van der Waals surface area contributed by atoms with Crippen LogP contribution in [0.15, 0.2) is 18.2 Å². The Bertz CT molecular complexity index is 403. The average Bonchev–Trinajstić information content (AvgIpc) is 2.32. The predicted molar refractivity (Wildman–Crippen MR) is 83.9 cm³/mol. The van der Waals surface area contributed by atoms with Crippen LogP contribution in [0.25, 0.3) is 0 Å². The molecule has 106 valence electrons. The van der Waals surface area contributed by atoms with Gasteiger partial charge in [-0.3, -0.25) is 0 Å². The highest BCUT2D eigenvalue weighted by Crippen LogP contribution is 2.43. The summed E-state index contributed by atoms with van der Waals surface area (Å²) in [7, 11) is 2.01. The van der Waals surface area contributed by atoms with Gasteiger partial charge in [0.05, 0.1) is 0 Å². The molecule has 19 heavy (non-hydrogen) atoms. The van der Waals surface area contributed by atoms with Gasteiger partial charge in [0.1, 0.15) is 0 Å². The van der Waals surface area contributed by atoms with Gasteiger partial charge in [0.15, 0.2) is 0 Å². The lowest BCUT2D eigenvalue weighted by molar-refractivity contribution is 0.180. The molecule has 0 bridgehead atoms. The Hall–Kier alpha value is -0.240. The number of nitrogens with one attached hydrogen (secondary N) is 1. The molecule has 0 radical (unpaired) electrons. The van der Waals surface area contributed by atoms with E-state index in [1.54, 1.807) is 0 Å². The Morgan fingerprint density at radius 2 is 1.58 bits per heavy atom. The van der Waals surface area contributed by atoms with Gasteiger partial charge in [-0.2, -0.15) is 0 Å². The van der Waals surface area contributed by atoms with E-state index in [0.29, 0.717) is 5.92 Å². The van der Waals surface area contributed by atoms with Gasteiger partial charge in [0, 0.05) is 21.7 Å². The highest BCUT2D eigenvalue weighted by Gasteiger charge is 2.32. The molecular weight excluding hydrogens is 277 g/mol. The fraction of sp³-hybridized carbons (Fsp3) is 0.625. The average molecular weight is 300 g/mol. The number of benzene rings is 1. The second kappa shape index (κ2) is 6.47. The fourth-order valence-corrected chi connectivity index (χ4v) is 4.34. The summed E-state index contributed by atoms with van der Waals surface area (Å²) in [6, 6.07) is 6.03. The third-order valence-corrected chi connectivity index (χ3v) is 4.97. The summed E-state index contributed by atoms with van der Waals surface area (Å²) in [5.41, 5.74) is 1.07. The first-order valence-corrected chi connectivity index (χ1v) is 7.89. The summed E-state index contributed by atoms with van der Waals surface area (Å²) in [4.78, 5) is 0. The van der Waals surface area contributed by atoms with Crippen molar-refractivity contribution < 1.29 is 0 Å². The van der Waals surface area contributed by atoms with E-state index in [9.17, 15) is 0 Å². The molecule has 1 fully saturated rings. The monoisotopic (exact) mass is 299 g/mol. The van der Waals surface area contributed by atoms with Crippen molar-refractivity contribution in [3.05, 3.63) is 33.8 Å². The van der Waals surface area contributed by atoms with E-state index in [0.717, 1.165) is 27.4 Å². The second-order valence-electron chi connectivity index (χ2n) is 6.08. The summed E-state index contributed by atoms with van der Waals surface area (Å²) >= 11 is 12.7. The quantitative estimate of drug-likeness (QED) is 0.796. The first-order chi connectivity index (χ1) is 9.02. The van der Waals surface area contributed by atoms with Crippen LogP contribution >= 0.6 is 23.2 Å². The van der Waals surface area contributed by atoms with Crippen LogP contribution in [0.2, 0.25) is 10.0 Å². The van der Waals surface area contributed by atoms with Gasteiger partial charge in [-0.05, 0) is 56.2 Å². The van der Waals surface area contributed by atoms with Crippen LogP contribution in [-0.4, -0.2) is 7.05 Å². The summed E-state index contributed by atoms with van der Waals surface area (Å²) in [6.45, 7) is 4.70. The third-order valence-electron chi connectivity index (χ3n) is 4.31. The molecule has 1 N–H and O–H groups in total. The van der Waals surface area contributed by atoms with Gasteiger partial charge in [0.2, 0.25) is 0 Å². The molecule has 1 saturated carbocycles. The zero-order chi connectivity index (χ0) is 14.0. The standard InChI is InChI=1S/C16H23Cl2N/c1-10-7-11(2)9-12(8-10)16(19-3)15-13(17)5-4-6-14(15)18/h4-6,10-12,16,19H,7-9H2,1-3H3. The molecule has 3 atom stereocenters. The molecule has 0 heterocycles. The first-order valence-electron chi connectivity index (χ1n) is 7.14. The highest BCUT2D eigenvalue weighted by molar-refractivity contribution is 6.36. The number of hydrogen-bond acceptors (Lipinski definition) is 1. The van der Waals surface area contributed by atoms with Gasteiger partial charge in [-0.1, -0.05) is 43.1 Å². The zero-order valence-corrected chi connectivity index (χ0v) is 13.4. The summed E-state index contributed by atoms with van der Waals surface area (Å²) in [6.07, 6.45) is 3.83. The second-order valence-corrected chi connectivity index (χ2v) is 6.89. The first kappa shape index (κ1) is 15.2. The minimum absolute atomic E-state index is 0.256. The molecule has 1 nitrogen and oxygen atoms in total. The molecule has 0 saturated heterocycles. The summed E-state index contributed by atoms with van der Waals surface area (Å²) in [5, 5.41) is 4.99. The van der Waals surface area contributed by atoms with Gasteiger partial charge in [-0.15, -0.1) is 0 Å². The Kier molecular flexibility index (Phi) is 5.16. The van der Waals surface area contributed by atoms with Crippen LogP contribution in [0.1, 0.15) is 44.7 Å². The molecule has 0 aliphatic heterocycles. The number of rotatable bonds is 3. The molecule has 0 spiro atoms. The Morgan fingerprint density at radius 1 is 1.05 bits per heavy atom. The predicted octanol–water partition coefficient (Wildman–Crippen LogP) is 5.33. The van der Waals surface area contributed by atoms with Gasteiger partial charge in [0.25, 0.3) is 0 Å². The minimum atomic E-state index is 0.256. The lowest BCUT2D eigenvalue weighted by Crippen LogP contribution is -2.31. The van der Waals surface area contributed by atoms with Crippen molar-refractivity contribution in [2.45, 2.75) is 39.2 Å². The van der Waals surface area contributed by atoms with Crippen LogP contribution in [0.3, 0.4) is 0 Å². The molecule has 1 aromatic carbocycles. The van der Waals surface area contributed by atoms with Gasteiger partial charge < -0.3 is 5.32 Å². The van der Waals surface area contributed by atoms with Crippen molar-refractivity contribution in [1.82, 2.24) is 5.32 Å². The molecule has 1 aromatic rings. The van der Waals surface area contributed by atoms with E-state index in [2.05, 4.69) is 19.2 Å². The van der Waals surface area contributed by atoms with Gasteiger partial charge in [-0.25, -0.2) is 0 Å². The van der Waals surface area contributed by atoms with E-state index in [-0.39, 0.29) is 6.04 Å². The summed E-state index contributed by atoms with van der Waals surface area (Å²) in [5.74, 6) is 2.18. The Balaban J connectivity index is 2.29. The van der Waals surface area contributed by atoms with E-state index in [1.807, 2.05) is 25.2 Å². The Labute approximate surface area is 126 Å². The van der Waals surface area contributed by atoms with Crippen molar-refractivity contribution in [2.24, 2.45) is 17.8 Å². The minimum Gasteiger partial charge on any atom is -0.313 e. The maximum atomic E-state index is 6.37. The van der Waals surface area contributed by atoms with Crippen molar-refractivity contribution >= 4 is 23.2 Å². The zero-order valence-electron chi connectivity index (χ0n) is 11.9. The molecule has 3 unspecified atom stereocenters. The van der Waals surface area contributed by atoms with E-state index < -0.39 is 0 Å². The maximum Gasteiger partial charge on any atom is 0.0468 e. The van der Waals surface area contributed by atoms with Crippen LogP contribution in [0.5, 0.6) is 0 Å². The fourth-order valence-electron chi connectivity index (χ4n) is 3.70. The Morgan fingerprint density at radius 3 is 2.05 bits per heavy atom. The lowest BCUT2D eigenvalue weighted by atomic mass is 9.72. The van der Waals surface area contributed by atoms with Crippen LogP contribution in [-0.2, 0) is 0 Å². The molecule has 2 rings (SSSR count). The molecule has 0 aromatic heterocycles. The van der Waals surface area contributed by atoms with Crippen LogP contribution in [0, 0.1) is 17.8 Å². The molecule has 1 aliphatic rings. The number of halogens is 2. The smallest absolute Gasteiger partial charge is 0.0468 e. The van der Waals surface area contributed by atoms with Crippen molar-refractivity contribution in [2.75, 3.05) is 7.05 Å². The van der Waals surface area contributed by atoms with E-state index in [4.69, 9.17) is 23.2 Å². The van der Waals surface area contributed by atoms with Crippen molar-refractivity contribution in [3.8, 4) is 0 Å². The van der Waals surface area contributed by atoms with Crippen LogP contribution < -0.4 is 5.32 Å². The molecule has 1 aliphatic carbocycles. The van der Waals surface area contributed by atoms with Gasteiger partial charge >= 0.3 is 0 Å².